The minimum absolute atomic E-state index is 0.212. The standard InChI is InChI=1S/C23H23NO3/c1-3-26-22-11-7-10-20(16-22)24-23(25)17(2)27-21-14-12-19(13-15-21)18-8-5-4-6-9-18/h4-17H,3H2,1-2H3,(H,24,25). The van der Waals surface area contributed by atoms with Crippen molar-refractivity contribution in [1.82, 2.24) is 0 Å². The zero-order chi connectivity index (χ0) is 19.1. The molecule has 0 spiro atoms. The number of benzene rings is 3. The second kappa shape index (κ2) is 8.90. The van der Waals surface area contributed by atoms with Gasteiger partial charge in [-0.2, -0.15) is 0 Å². The summed E-state index contributed by atoms with van der Waals surface area (Å²) in [6, 6.07) is 25.2. The Hall–Kier alpha value is -3.27. The average molecular weight is 361 g/mol. The molecule has 0 aromatic heterocycles. The molecule has 1 atom stereocenters. The summed E-state index contributed by atoms with van der Waals surface area (Å²) in [4.78, 5) is 12.4. The number of rotatable bonds is 7. The number of amides is 1. The van der Waals surface area contributed by atoms with E-state index in [-0.39, 0.29) is 5.91 Å². The smallest absolute Gasteiger partial charge is 0.265 e. The molecule has 0 aliphatic rings. The maximum Gasteiger partial charge on any atom is 0.265 e. The summed E-state index contributed by atoms with van der Waals surface area (Å²) in [5.74, 6) is 1.16. The van der Waals surface area contributed by atoms with E-state index in [1.54, 1.807) is 13.0 Å². The highest BCUT2D eigenvalue weighted by Gasteiger charge is 2.15. The summed E-state index contributed by atoms with van der Waals surface area (Å²) in [6.45, 7) is 4.23. The molecule has 0 radical (unpaired) electrons. The Balaban J connectivity index is 1.60. The number of anilines is 1. The molecule has 4 heteroatoms. The molecule has 3 aromatic rings. The number of carbonyl (C=O) groups is 1. The normalized spacial score (nSPS) is 11.5. The Labute approximate surface area is 159 Å². The van der Waals surface area contributed by atoms with E-state index in [1.807, 2.05) is 67.6 Å². The molecule has 0 heterocycles. The van der Waals surface area contributed by atoms with Gasteiger partial charge in [0.2, 0.25) is 0 Å². The minimum Gasteiger partial charge on any atom is -0.494 e. The summed E-state index contributed by atoms with van der Waals surface area (Å²) in [5.41, 5.74) is 2.93. The van der Waals surface area contributed by atoms with Crippen LogP contribution in [0.3, 0.4) is 0 Å². The van der Waals surface area contributed by atoms with Crippen LogP contribution in [0.2, 0.25) is 0 Å². The van der Waals surface area contributed by atoms with Crippen molar-refractivity contribution in [2.24, 2.45) is 0 Å². The van der Waals surface area contributed by atoms with E-state index >= 15 is 0 Å². The van der Waals surface area contributed by atoms with Gasteiger partial charge in [-0.05, 0) is 49.2 Å². The molecule has 0 aliphatic heterocycles. The van der Waals surface area contributed by atoms with Crippen molar-refractivity contribution in [3.63, 3.8) is 0 Å². The van der Waals surface area contributed by atoms with Gasteiger partial charge in [-0.3, -0.25) is 4.79 Å². The van der Waals surface area contributed by atoms with Gasteiger partial charge in [0.05, 0.1) is 6.61 Å². The first kappa shape index (κ1) is 18.5. The van der Waals surface area contributed by atoms with E-state index in [4.69, 9.17) is 9.47 Å². The van der Waals surface area contributed by atoms with E-state index in [0.29, 0.717) is 18.0 Å². The zero-order valence-corrected chi connectivity index (χ0v) is 15.5. The van der Waals surface area contributed by atoms with Crippen LogP contribution in [0.1, 0.15) is 13.8 Å². The van der Waals surface area contributed by atoms with Gasteiger partial charge in [0, 0.05) is 11.8 Å². The Morgan fingerprint density at radius 2 is 1.59 bits per heavy atom. The molecule has 0 fully saturated rings. The van der Waals surface area contributed by atoms with Crippen molar-refractivity contribution >= 4 is 11.6 Å². The lowest BCUT2D eigenvalue weighted by Gasteiger charge is -2.15. The second-order valence-electron chi connectivity index (χ2n) is 6.10. The molecule has 0 saturated carbocycles. The van der Waals surface area contributed by atoms with Crippen molar-refractivity contribution in [1.29, 1.82) is 0 Å². The van der Waals surface area contributed by atoms with Crippen LogP contribution >= 0.6 is 0 Å². The van der Waals surface area contributed by atoms with E-state index < -0.39 is 6.10 Å². The Morgan fingerprint density at radius 3 is 2.30 bits per heavy atom. The van der Waals surface area contributed by atoms with Crippen molar-refractivity contribution < 1.29 is 14.3 Å². The van der Waals surface area contributed by atoms with Crippen molar-refractivity contribution in [2.45, 2.75) is 20.0 Å². The molecule has 0 aliphatic carbocycles. The van der Waals surface area contributed by atoms with E-state index in [2.05, 4.69) is 17.4 Å². The summed E-state index contributed by atoms with van der Waals surface area (Å²) in [7, 11) is 0. The third kappa shape index (κ3) is 5.11. The lowest BCUT2D eigenvalue weighted by molar-refractivity contribution is -0.122. The topological polar surface area (TPSA) is 47.6 Å². The van der Waals surface area contributed by atoms with Crippen molar-refractivity contribution in [3.05, 3.63) is 78.9 Å². The molecule has 3 rings (SSSR count). The quantitative estimate of drug-likeness (QED) is 0.632. The third-order valence-corrected chi connectivity index (χ3v) is 4.06. The van der Waals surface area contributed by atoms with Crippen molar-refractivity contribution in [2.75, 3.05) is 11.9 Å². The monoisotopic (exact) mass is 361 g/mol. The van der Waals surface area contributed by atoms with E-state index in [9.17, 15) is 4.79 Å². The lowest BCUT2D eigenvalue weighted by atomic mass is 10.1. The number of ether oxygens (including phenoxy) is 2. The van der Waals surface area contributed by atoms with Crippen LogP contribution in [-0.2, 0) is 4.79 Å². The molecule has 3 aromatic carbocycles. The van der Waals surface area contributed by atoms with Gasteiger partial charge < -0.3 is 14.8 Å². The number of carbonyl (C=O) groups excluding carboxylic acids is 1. The molecule has 0 saturated heterocycles. The fourth-order valence-electron chi connectivity index (χ4n) is 2.69. The molecule has 0 bridgehead atoms. The second-order valence-corrected chi connectivity index (χ2v) is 6.10. The molecule has 1 N–H and O–H groups in total. The average Bonchev–Trinajstić information content (AvgIpc) is 2.70. The predicted octanol–water partition coefficient (Wildman–Crippen LogP) is 5.16. The SMILES string of the molecule is CCOc1cccc(NC(=O)C(C)Oc2ccc(-c3ccccc3)cc2)c1. The van der Waals surface area contributed by atoms with Crippen LogP contribution in [0.5, 0.6) is 11.5 Å². The molecule has 138 valence electrons. The van der Waals surface area contributed by atoms with Gasteiger partial charge in [-0.15, -0.1) is 0 Å². The van der Waals surface area contributed by atoms with Gasteiger partial charge in [0.15, 0.2) is 6.10 Å². The van der Waals surface area contributed by atoms with Gasteiger partial charge in [0.1, 0.15) is 11.5 Å². The minimum atomic E-state index is -0.622. The Bertz CT molecular complexity index is 876. The van der Waals surface area contributed by atoms with Crippen LogP contribution in [0.4, 0.5) is 5.69 Å². The molecule has 27 heavy (non-hydrogen) atoms. The van der Waals surface area contributed by atoms with Crippen LogP contribution in [-0.4, -0.2) is 18.6 Å². The van der Waals surface area contributed by atoms with Crippen LogP contribution < -0.4 is 14.8 Å². The predicted molar refractivity (Wildman–Crippen MR) is 108 cm³/mol. The van der Waals surface area contributed by atoms with Crippen LogP contribution in [0, 0.1) is 0 Å². The first-order valence-corrected chi connectivity index (χ1v) is 9.01. The summed E-state index contributed by atoms with van der Waals surface area (Å²) >= 11 is 0. The van der Waals surface area contributed by atoms with E-state index in [0.717, 1.165) is 16.9 Å². The fourth-order valence-corrected chi connectivity index (χ4v) is 2.69. The highest BCUT2D eigenvalue weighted by molar-refractivity contribution is 5.94. The zero-order valence-electron chi connectivity index (χ0n) is 15.5. The molecule has 1 amide bonds. The molecule has 1 unspecified atom stereocenters. The number of hydrogen-bond acceptors (Lipinski definition) is 3. The molecular formula is C23H23NO3. The maximum atomic E-state index is 12.4. The first-order chi connectivity index (χ1) is 13.2. The van der Waals surface area contributed by atoms with Crippen molar-refractivity contribution in [3.8, 4) is 22.6 Å². The fraction of sp³-hybridized carbons (Fsp3) is 0.174. The van der Waals surface area contributed by atoms with E-state index in [1.165, 1.54) is 0 Å². The van der Waals surface area contributed by atoms with Gasteiger partial charge in [0.25, 0.3) is 5.91 Å². The van der Waals surface area contributed by atoms with Gasteiger partial charge in [-0.1, -0.05) is 48.5 Å². The number of nitrogens with one attached hydrogen (secondary N) is 1. The Morgan fingerprint density at radius 1 is 0.889 bits per heavy atom. The highest BCUT2D eigenvalue weighted by Crippen LogP contribution is 2.23. The van der Waals surface area contributed by atoms with Crippen LogP contribution in [0.15, 0.2) is 78.9 Å². The summed E-state index contributed by atoms with van der Waals surface area (Å²) in [5, 5.41) is 2.85. The maximum absolute atomic E-state index is 12.4. The Kier molecular flexibility index (Phi) is 6.10. The summed E-state index contributed by atoms with van der Waals surface area (Å²) in [6.07, 6.45) is -0.622. The lowest BCUT2D eigenvalue weighted by Crippen LogP contribution is -2.30. The van der Waals surface area contributed by atoms with Crippen LogP contribution in [0.25, 0.3) is 11.1 Å². The number of hydrogen-bond donors (Lipinski definition) is 1. The highest BCUT2D eigenvalue weighted by atomic mass is 16.5. The van der Waals surface area contributed by atoms with Gasteiger partial charge >= 0.3 is 0 Å². The molecule has 4 nitrogen and oxygen atoms in total. The van der Waals surface area contributed by atoms with Gasteiger partial charge in [-0.25, -0.2) is 0 Å². The summed E-state index contributed by atoms with van der Waals surface area (Å²) < 4.78 is 11.2. The largest absolute Gasteiger partial charge is 0.494 e. The molecular weight excluding hydrogens is 338 g/mol. The first-order valence-electron chi connectivity index (χ1n) is 9.01. The third-order valence-electron chi connectivity index (χ3n) is 4.06.